The van der Waals surface area contributed by atoms with Crippen LogP contribution in [-0.2, 0) is 9.59 Å². The van der Waals surface area contributed by atoms with Gasteiger partial charge in [0, 0.05) is 19.5 Å². The van der Waals surface area contributed by atoms with Gasteiger partial charge < -0.3 is 15.0 Å². The Morgan fingerprint density at radius 3 is 2.64 bits per heavy atom. The van der Waals surface area contributed by atoms with E-state index in [1.807, 2.05) is 13.0 Å². The highest BCUT2D eigenvalue weighted by molar-refractivity contribution is 5.79. The lowest BCUT2D eigenvalue weighted by Gasteiger charge is -2.40. The summed E-state index contributed by atoms with van der Waals surface area (Å²) in [5.41, 5.74) is 0.918. The van der Waals surface area contributed by atoms with Crippen molar-refractivity contribution in [1.29, 1.82) is 0 Å². The highest BCUT2D eigenvalue weighted by Crippen LogP contribution is 2.32. The van der Waals surface area contributed by atoms with E-state index in [1.54, 1.807) is 18.2 Å². The number of hydrogen-bond acceptors (Lipinski definition) is 3. The Morgan fingerprint density at radius 2 is 2.04 bits per heavy atom. The molecule has 0 aliphatic carbocycles. The second kappa shape index (κ2) is 7.76. The molecule has 1 aromatic rings. The smallest absolute Gasteiger partial charge is 0.408 e. The number of likely N-dealkylation sites (tertiary alicyclic amines) is 1. The van der Waals surface area contributed by atoms with Gasteiger partial charge in [-0.25, -0.2) is 0 Å². The Morgan fingerprint density at radius 1 is 1.32 bits per heavy atom. The minimum absolute atomic E-state index is 0.173. The van der Waals surface area contributed by atoms with Crippen LogP contribution in [0.5, 0.6) is 5.75 Å². The summed E-state index contributed by atoms with van der Waals surface area (Å²) in [6.07, 6.45) is -4.59. The van der Waals surface area contributed by atoms with Crippen molar-refractivity contribution in [2.45, 2.75) is 44.9 Å². The van der Waals surface area contributed by atoms with Crippen LogP contribution in [-0.4, -0.2) is 48.1 Å². The Hall–Kier alpha value is -2.25. The molecule has 1 heterocycles. The molecule has 1 N–H and O–H groups in total. The van der Waals surface area contributed by atoms with Crippen LogP contribution in [0.2, 0.25) is 0 Å². The lowest BCUT2D eigenvalue weighted by atomic mass is 9.97. The van der Waals surface area contributed by atoms with Crippen LogP contribution < -0.4 is 10.1 Å². The average Bonchev–Trinajstić information content (AvgIpc) is 2.51. The van der Waals surface area contributed by atoms with E-state index in [4.69, 9.17) is 4.74 Å². The number of aryl methyl sites for hydroxylation is 1. The van der Waals surface area contributed by atoms with Gasteiger partial charge in [0.1, 0.15) is 11.8 Å². The van der Waals surface area contributed by atoms with E-state index in [0.717, 1.165) is 10.5 Å². The summed E-state index contributed by atoms with van der Waals surface area (Å²) in [6, 6.07) is 4.58. The van der Waals surface area contributed by atoms with E-state index < -0.39 is 30.8 Å². The second-order valence-corrected chi connectivity index (χ2v) is 6.18. The zero-order chi connectivity index (χ0) is 18.6. The first kappa shape index (κ1) is 19.1. The molecule has 8 heteroatoms. The van der Waals surface area contributed by atoms with Gasteiger partial charge in [-0.3, -0.25) is 9.59 Å². The molecule has 2 amide bonds. The molecule has 1 aliphatic heterocycles. The van der Waals surface area contributed by atoms with E-state index in [-0.39, 0.29) is 25.3 Å². The number of nitrogens with zero attached hydrogens (tertiary/aromatic N) is 1. The van der Waals surface area contributed by atoms with E-state index in [0.29, 0.717) is 5.75 Å². The van der Waals surface area contributed by atoms with Crippen molar-refractivity contribution in [2.24, 2.45) is 0 Å². The molecule has 2 rings (SSSR count). The van der Waals surface area contributed by atoms with Crippen LogP contribution in [0.25, 0.3) is 0 Å². The number of amides is 2. The van der Waals surface area contributed by atoms with Crippen molar-refractivity contribution in [1.82, 2.24) is 10.2 Å². The Balaban J connectivity index is 2.06. The van der Waals surface area contributed by atoms with Crippen molar-refractivity contribution in [3.8, 4) is 5.75 Å². The molecule has 25 heavy (non-hydrogen) atoms. The Bertz CT molecular complexity index is 634. The third-order valence-electron chi connectivity index (χ3n) is 4.04. The lowest BCUT2D eigenvalue weighted by molar-refractivity contribution is -0.198. The van der Waals surface area contributed by atoms with Gasteiger partial charge in [0.05, 0.1) is 0 Å². The first-order valence-corrected chi connectivity index (χ1v) is 7.99. The van der Waals surface area contributed by atoms with Gasteiger partial charge in [0.15, 0.2) is 6.61 Å². The number of carbonyl (C=O) groups excluding carboxylic acids is 2. The molecule has 5 nitrogen and oxygen atoms in total. The van der Waals surface area contributed by atoms with Crippen molar-refractivity contribution >= 4 is 11.8 Å². The average molecular weight is 358 g/mol. The number of nitrogens with one attached hydrogen (secondary N) is 1. The molecule has 2 unspecified atom stereocenters. The molecular weight excluding hydrogens is 337 g/mol. The summed E-state index contributed by atoms with van der Waals surface area (Å²) in [5.74, 6) is -0.662. The number of carbonyl (C=O) groups is 2. The van der Waals surface area contributed by atoms with E-state index in [9.17, 15) is 22.8 Å². The number of alkyl halides is 3. The Kier molecular flexibility index (Phi) is 5.92. The van der Waals surface area contributed by atoms with Gasteiger partial charge in [-0.1, -0.05) is 12.1 Å². The summed E-state index contributed by atoms with van der Waals surface area (Å²) in [4.78, 5) is 24.2. The standard InChI is InChI=1S/C17H21F3N2O3/c1-11-4-3-5-14(8-11)25-10-16(24)22-9-13(21-12(2)23)6-7-15(22)17(18,19)20/h3-5,8,13,15H,6-7,9-10H2,1-2H3,(H,21,23). The molecule has 0 aromatic heterocycles. The molecule has 0 spiro atoms. The largest absolute Gasteiger partial charge is 0.484 e. The number of hydrogen-bond donors (Lipinski definition) is 1. The van der Waals surface area contributed by atoms with Crippen molar-refractivity contribution in [3.63, 3.8) is 0 Å². The van der Waals surface area contributed by atoms with Crippen LogP contribution in [0.15, 0.2) is 24.3 Å². The van der Waals surface area contributed by atoms with Crippen LogP contribution in [0.4, 0.5) is 13.2 Å². The number of ether oxygens (including phenoxy) is 1. The molecule has 2 atom stereocenters. The molecule has 1 fully saturated rings. The van der Waals surface area contributed by atoms with Gasteiger partial charge in [-0.15, -0.1) is 0 Å². The fraction of sp³-hybridized carbons (Fsp3) is 0.529. The Labute approximate surface area is 144 Å². The lowest BCUT2D eigenvalue weighted by Crippen LogP contribution is -2.59. The monoisotopic (exact) mass is 358 g/mol. The predicted octanol–water partition coefficient (Wildman–Crippen LogP) is 2.43. The summed E-state index contributed by atoms with van der Waals surface area (Å²) >= 11 is 0. The normalized spacial score (nSPS) is 20.9. The topological polar surface area (TPSA) is 58.6 Å². The van der Waals surface area contributed by atoms with Gasteiger partial charge >= 0.3 is 6.18 Å². The van der Waals surface area contributed by atoms with Gasteiger partial charge in [-0.2, -0.15) is 13.2 Å². The summed E-state index contributed by atoms with van der Waals surface area (Å²) < 4.78 is 45.0. The number of piperidine rings is 1. The molecule has 1 saturated heterocycles. The third kappa shape index (κ3) is 5.37. The van der Waals surface area contributed by atoms with Crippen LogP contribution in [0.3, 0.4) is 0 Å². The van der Waals surface area contributed by atoms with Crippen LogP contribution >= 0.6 is 0 Å². The first-order valence-electron chi connectivity index (χ1n) is 7.99. The second-order valence-electron chi connectivity index (χ2n) is 6.18. The maximum atomic E-state index is 13.2. The van der Waals surface area contributed by atoms with Gasteiger partial charge in [0.2, 0.25) is 5.91 Å². The zero-order valence-electron chi connectivity index (χ0n) is 14.1. The number of rotatable bonds is 4. The van der Waals surface area contributed by atoms with E-state index >= 15 is 0 Å². The van der Waals surface area contributed by atoms with Gasteiger partial charge in [0.25, 0.3) is 5.91 Å². The number of halogens is 3. The van der Waals surface area contributed by atoms with Crippen molar-refractivity contribution in [2.75, 3.05) is 13.2 Å². The fourth-order valence-corrected chi connectivity index (χ4v) is 2.93. The summed E-state index contributed by atoms with van der Waals surface area (Å²) in [7, 11) is 0. The highest BCUT2D eigenvalue weighted by Gasteiger charge is 2.48. The van der Waals surface area contributed by atoms with E-state index in [1.165, 1.54) is 6.92 Å². The van der Waals surface area contributed by atoms with Crippen molar-refractivity contribution < 1.29 is 27.5 Å². The molecule has 0 radical (unpaired) electrons. The third-order valence-corrected chi connectivity index (χ3v) is 4.04. The first-order chi connectivity index (χ1) is 11.7. The van der Waals surface area contributed by atoms with Crippen LogP contribution in [0.1, 0.15) is 25.3 Å². The molecule has 1 aromatic carbocycles. The summed E-state index contributed by atoms with van der Waals surface area (Å²) in [6.45, 7) is 2.47. The molecular formula is C17H21F3N2O3. The molecule has 1 aliphatic rings. The zero-order valence-corrected chi connectivity index (χ0v) is 14.1. The predicted molar refractivity (Wildman–Crippen MR) is 85.1 cm³/mol. The molecule has 0 bridgehead atoms. The fourth-order valence-electron chi connectivity index (χ4n) is 2.93. The molecule has 0 saturated carbocycles. The SMILES string of the molecule is CC(=O)NC1CCC(C(F)(F)F)N(C(=O)COc2cccc(C)c2)C1. The highest BCUT2D eigenvalue weighted by atomic mass is 19.4. The minimum Gasteiger partial charge on any atom is -0.484 e. The molecule has 138 valence electrons. The summed E-state index contributed by atoms with van der Waals surface area (Å²) in [5, 5.41) is 2.58. The number of benzene rings is 1. The maximum absolute atomic E-state index is 13.2. The quantitative estimate of drug-likeness (QED) is 0.899. The maximum Gasteiger partial charge on any atom is 0.408 e. The van der Waals surface area contributed by atoms with Crippen LogP contribution in [0, 0.1) is 6.92 Å². The van der Waals surface area contributed by atoms with Crippen molar-refractivity contribution in [3.05, 3.63) is 29.8 Å². The van der Waals surface area contributed by atoms with Gasteiger partial charge in [-0.05, 0) is 37.5 Å². The van der Waals surface area contributed by atoms with E-state index in [2.05, 4.69) is 5.32 Å². The minimum atomic E-state index is -4.51.